The quantitative estimate of drug-likeness (QED) is 0.240. The predicted octanol–water partition coefficient (Wildman–Crippen LogP) is 4.89. The van der Waals surface area contributed by atoms with Crippen LogP contribution in [0.25, 0.3) is 22.2 Å². The molecule has 7 heteroatoms. The van der Waals surface area contributed by atoms with Gasteiger partial charge in [0.25, 0.3) is 5.91 Å². The third kappa shape index (κ3) is 5.26. The highest BCUT2D eigenvalue weighted by molar-refractivity contribution is 6.07. The van der Waals surface area contributed by atoms with E-state index in [0.717, 1.165) is 46.3 Å². The standard InChI is InChI=1S/C26H27N5O2/c1-4-5-14-33-21-12-10-19(11-13-21)25-15-23(22-8-6-7-9-24(22)28-25)26(32)29-27-16-20-17-31(3)30-18(20)2/h6-13,15-17H,4-5,14H2,1-3H3,(H,29,32). The van der Waals surface area contributed by atoms with E-state index >= 15 is 0 Å². The third-order valence-electron chi connectivity index (χ3n) is 5.30. The molecule has 0 fully saturated rings. The highest BCUT2D eigenvalue weighted by Crippen LogP contribution is 2.26. The lowest BCUT2D eigenvalue weighted by Gasteiger charge is -2.10. The first-order valence-corrected chi connectivity index (χ1v) is 11.0. The van der Waals surface area contributed by atoms with Crippen molar-refractivity contribution in [2.24, 2.45) is 12.1 Å². The number of rotatable bonds is 8. The van der Waals surface area contributed by atoms with E-state index in [9.17, 15) is 4.79 Å². The molecule has 1 N–H and O–H groups in total. The number of amides is 1. The first-order chi connectivity index (χ1) is 16.0. The second-order valence-corrected chi connectivity index (χ2v) is 7.84. The highest BCUT2D eigenvalue weighted by atomic mass is 16.5. The molecule has 0 aliphatic rings. The zero-order valence-corrected chi connectivity index (χ0v) is 19.1. The van der Waals surface area contributed by atoms with Crippen LogP contribution in [-0.4, -0.2) is 33.5 Å². The SMILES string of the molecule is CCCCOc1ccc(-c2cc(C(=O)NN=Cc3cn(C)nc3C)c3ccccc3n2)cc1. The molecule has 0 aliphatic heterocycles. The number of carbonyl (C=O) groups excluding carboxylic acids is 1. The van der Waals surface area contributed by atoms with Crippen LogP contribution in [0.2, 0.25) is 0 Å². The highest BCUT2D eigenvalue weighted by Gasteiger charge is 2.14. The number of fused-ring (bicyclic) bond motifs is 1. The maximum atomic E-state index is 13.0. The minimum Gasteiger partial charge on any atom is -0.494 e. The average molecular weight is 442 g/mol. The van der Waals surface area contributed by atoms with Gasteiger partial charge in [-0.2, -0.15) is 10.2 Å². The average Bonchev–Trinajstić information content (AvgIpc) is 3.15. The molecule has 33 heavy (non-hydrogen) atoms. The van der Waals surface area contributed by atoms with E-state index in [1.807, 2.05) is 68.7 Å². The van der Waals surface area contributed by atoms with Crippen LogP contribution in [0.5, 0.6) is 5.75 Å². The van der Waals surface area contributed by atoms with Crippen LogP contribution >= 0.6 is 0 Å². The third-order valence-corrected chi connectivity index (χ3v) is 5.30. The zero-order chi connectivity index (χ0) is 23.2. The van der Waals surface area contributed by atoms with Crippen LogP contribution < -0.4 is 10.2 Å². The topological polar surface area (TPSA) is 81.4 Å². The van der Waals surface area contributed by atoms with Gasteiger partial charge in [0, 0.05) is 29.8 Å². The molecule has 0 saturated carbocycles. The lowest BCUT2D eigenvalue weighted by atomic mass is 10.0. The summed E-state index contributed by atoms with van der Waals surface area (Å²) in [6, 6.07) is 17.2. The maximum absolute atomic E-state index is 13.0. The lowest BCUT2D eigenvalue weighted by Crippen LogP contribution is -2.18. The number of hydrogen-bond donors (Lipinski definition) is 1. The Labute approximate surface area is 193 Å². The van der Waals surface area contributed by atoms with Gasteiger partial charge in [-0.05, 0) is 49.7 Å². The number of hydrazone groups is 1. The second-order valence-electron chi connectivity index (χ2n) is 7.84. The molecule has 0 spiro atoms. The van der Waals surface area contributed by atoms with Crippen LogP contribution in [-0.2, 0) is 7.05 Å². The molecule has 2 aromatic heterocycles. The number of nitrogens with one attached hydrogen (secondary N) is 1. The maximum Gasteiger partial charge on any atom is 0.272 e. The minimum atomic E-state index is -0.299. The summed E-state index contributed by atoms with van der Waals surface area (Å²) in [4.78, 5) is 17.8. The Kier molecular flexibility index (Phi) is 6.78. The summed E-state index contributed by atoms with van der Waals surface area (Å²) >= 11 is 0. The Morgan fingerprint density at radius 2 is 1.97 bits per heavy atom. The van der Waals surface area contributed by atoms with Crippen molar-refractivity contribution in [2.45, 2.75) is 26.7 Å². The number of aromatic nitrogens is 3. The first-order valence-electron chi connectivity index (χ1n) is 11.0. The molecule has 0 atom stereocenters. The monoisotopic (exact) mass is 441 g/mol. The van der Waals surface area contributed by atoms with Gasteiger partial charge < -0.3 is 4.74 Å². The van der Waals surface area contributed by atoms with Crippen LogP contribution in [0.1, 0.15) is 41.4 Å². The summed E-state index contributed by atoms with van der Waals surface area (Å²) in [5, 5.41) is 9.18. The van der Waals surface area contributed by atoms with Crippen molar-refractivity contribution in [3.05, 3.63) is 77.6 Å². The molecular weight excluding hydrogens is 414 g/mol. The van der Waals surface area contributed by atoms with E-state index in [1.165, 1.54) is 0 Å². The van der Waals surface area contributed by atoms with Crippen molar-refractivity contribution >= 4 is 23.0 Å². The summed E-state index contributed by atoms with van der Waals surface area (Å²) in [5.74, 6) is 0.526. The number of hydrogen-bond acceptors (Lipinski definition) is 5. The molecule has 4 aromatic rings. The number of aryl methyl sites for hydroxylation is 2. The fraction of sp³-hybridized carbons (Fsp3) is 0.231. The molecule has 0 unspecified atom stereocenters. The van der Waals surface area contributed by atoms with Crippen LogP contribution in [0.3, 0.4) is 0 Å². The molecule has 2 aromatic carbocycles. The molecule has 0 radical (unpaired) electrons. The van der Waals surface area contributed by atoms with Gasteiger partial charge >= 0.3 is 0 Å². The molecule has 4 rings (SSSR count). The Morgan fingerprint density at radius 3 is 2.70 bits per heavy atom. The van der Waals surface area contributed by atoms with E-state index in [2.05, 4.69) is 22.5 Å². The molecule has 0 saturated heterocycles. The van der Waals surface area contributed by atoms with Gasteiger partial charge in [-0.1, -0.05) is 31.5 Å². The summed E-state index contributed by atoms with van der Waals surface area (Å²) < 4.78 is 7.46. The van der Waals surface area contributed by atoms with Gasteiger partial charge in [0.1, 0.15) is 5.75 Å². The van der Waals surface area contributed by atoms with Gasteiger partial charge in [0.05, 0.1) is 35.3 Å². The smallest absolute Gasteiger partial charge is 0.272 e. The predicted molar refractivity (Wildman–Crippen MR) is 131 cm³/mol. The van der Waals surface area contributed by atoms with E-state index in [1.54, 1.807) is 17.0 Å². The van der Waals surface area contributed by atoms with Gasteiger partial charge in [0.2, 0.25) is 0 Å². The normalized spacial score (nSPS) is 11.2. The first kappa shape index (κ1) is 22.2. The van der Waals surface area contributed by atoms with E-state index < -0.39 is 0 Å². The van der Waals surface area contributed by atoms with Gasteiger partial charge in [-0.25, -0.2) is 10.4 Å². The van der Waals surface area contributed by atoms with Crippen LogP contribution in [0.15, 0.2) is 65.9 Å². The van der Waals surface area contributed by atoms with E-state index in [-0.39, 0.29) is 5.91 Å². The van der Waals surface area contributed by atoms with Gasteiger partial charge in [-0.3, -0.25) is 9.48 Å². The summed E-state index contributed by atoms with van der Waals surface area (Å²) in [7, 11) is 1.84. The van der Waals surface area contributed by atoms with Gasteiger partial charge in [0.15, 0.2) is 0 Å². The second kappa shape index (κ2) is 10.1. The van der Waals surface area contributed by atoms with Crippen molar-refractivity contribution < 1.29 is 9.53 Å². The van der Waals surface area contributed by atoms with Crippen molar-refractivity contribution in [1.82, 2.24) is 20.2 Å². The van der Waals surface area contributed by atoms with E-state index in [4.69, 9.17) is 9.72 Å². The molecule has 2 heterocycles. The Bertz CT molecular complexity index is 1290. The number of carbonyl (C=O) groups is 1. The summed E-state index contributed by atoms with van der Waals surface area (Å²) in [5.41, 5.74) is 7.21. The van der Waals surface area contributed by atoms with Crippen molar-refractivity contribution in [3.8, 4) is 17.0 Å². The van der Waals surface area contributed by atoms with Crippen LogP contribution in [0.4, 0.5) is 0 Å². The Morgan fingerprint density at radius 1 is 1.18 bits per heavy atom. The number of ether oxygens (including phenoxy) is 1. The summed E-state index contributed by atoms with van der Waals surface area (Å²) in [6.45, 7) is 4.73. The molecule has 168 valence electrons. The van der Waals surface area contributed by atoms with Crippen LogP contribution in [0, 0.1) is 6.92 Å². The van der Waals surface area contributed by atoms with Crippen molar-refractivity contribution in [3.63, 3.8) is 0 Å². The number of para-hydroxylation sites is 1. The number of unbranched alkanes of at least 4 members (excludes halogenated alkanes) is 1. The van der Waals surface area contributed by atoms with Gasteiger partial charge in [-0.15, -0.1) is 0 Å². The largest absolute Gasteiger partial charge is 0.494 e. The number of pyridine rings is 1. The van der Waals surface area contributed by atoms with E-state index in [0.29, 0.717) is 17.9 Å². The molecule has 0 aliphatic carbocycles. The number of nitrogens with zero attached hydrogens (tertiary/aromatic N) is 4. The molecular formula is C26H27N5O2. The molecule has 0 bridgehead atoms. The molecule has 1 amide bonds. The fourth-order valence-corrected chi connectivity index (χ4v) is 3.53. The van der Waals surface area contributed by atoms with Crippen molar-refractivity contribution in [2.75, 3.05) is 6.61 Å². The number of benzene rings is 2. The lowest BCUT2D eigenvalue weighted by molar-refractivity contribution is 0.0956. The Hall–Kier alpha value is -4.00. The Balaban J connectivity index is 1.60. The summed E-state index contributed by atoms with van der Waals surface area (Å²) in [6.07, 6.45) is 5.56. The van der Waals surface area contributed by atoms with Crippen molar-refractivity contribution in [1.29, 1.82) is 0 Å². The zero-order valence-electron chi connectivity index (χ0n) is 19.1. The fourth-order valence-electron chi connectivity index (χ4n) is 3.53. The minimum absolute atomic E-state index is 0.299. The molecule has 7 nitrogen and oxygen atoms in total.